The highest BCUT2D eigenvalue weighted by atomic mass is 35.5. The zero-order valence-corrected chi connectivity index (χ0v) is 15.9. The molecule has 1 aromatic carbocycles. The Labute approximate surface area is 158 Å². The molecule has 2 rings (SSSR count). The zero-order chi connectivity index (χ0) is 19.4. The fraction of sp³-hybridized carbons (Fsp3) is 0.368. The predicted octanol–water partition coefficient (Wildman–Crippen LogP) is 3.06. The quantitative estimate of drug-likeness (QED) is 0.672. The number of benzene rings is 1. The predicted molar refractivity (Wildman–Crippen MR) is 101 cm³/mol. The summed E-state index contributed by atoms with van der Waals surface area (Å²) >= 11 is 6.09. The first-order valence-electron chi connectivity index (χ1n) is 8.24. The summed E-state index contributed by atoms with van der Waals surface area (Å²) in [6.07, 6.45) is -0.557. The van der Waals surface area contributed by atoms with E-state index < -0.39 is 17.2 Å². The van der Waals surface area contributed by atoms with Crippen molar-refractivity contribution in [3.63, 3.8) is 0 Å². The van der Waals surface area contributed by atoms with Crippen molar-refractivity contribution >= 4 is 17.7 Å². The molecule has 26 heavy (non-hydrogen) atoms. The second kappa shape index (κ2) is 8.03. The monoisotopic (exact) mass is 377 g/mol. The summed E-state index contributed by atoms with van der Waals surface area (Å²) in [4.78, 5) is 16.3. The topological polar surface area (TPSA) is 97.5 Å². The first kappa shape index (κ1) is 20.2. The van der Waals surface area contributed by atoms with Crippen LogP contribution in [0.2, 0.25) is 5.15 Å². The molecule has 2 aromatic rings. The van der Waals surface area contributed by atoms with E-state index in [1.54, 1.807) is 19.1 Å². The summed E-state index contributed by atoms with van der Waals surface area (Å²) in [5, 5.41) is 13.4. The smallest absolute Gasteiger partial charge is 0.408 e. The fourth-order valence-electron chi connectivity index (χ4n) is 2.32. The number of hydrogen-bond donors (Lipinski definition) is 3. The van der Waals surface area contributed by atoms with Gasteiger partial charge in [-0.05, 0) is 44.0 Å². The molecule has 0 saturated heterocycles. The van der Waals surface area contributed by atoms with Gasteiger partial charge in [-0.25, -0.2) is 9.78 Å². The number of nitrogens with zero attached hydrogens (tertiary/aromatic N) is 1. The molecule has 0 spiro atoms. The number of hydrogen-bond acceptors (Lipinski definition) is 5. The number of amides is 1. The molecule has 0 aliphatic rings. The van der Waals surface area contributed by atoms with Gasteiger partial charge in [0.2, 0.25) is 0 Å². The average molecular weight is 378 g/mol. The number of aliphatic hydroxyl groups is 1. The third-order valence-electron chi connectivity index (χ3n) is 4.09. The van der Waals surface area contributed by atoms with Gasteiger partial charge < -0.3 is 20.9 Å². The van der Waals surface area contributed by atoms with Gasteiger partial charge >= 0.3 is 6.09 Å². The van der Waals surface area contributed by atoms with Crippen LogP contribution in [0.1, 0.15) is 37.6 Å². The maximum atomic E-state index is 12.2. The van der Waals surface area contributed by atoms with Gasteiger partial charge in [0, 0.05) is 6.54 Å². The minimum atomic E-state index is -1.32. The van der Waals surface area contributed by atoms with Gasteiger partial charge in [-0.3, -0.25) is 0 Å². The molecule has 0 bridgehead atoms. The molecule has 0 fully saturated rings. The van der Waals surface area contributed by atoms with E-state index in [-0.39, 0.29) is 18.3 Å². The van der Waals surface area contributed by atoms with E-state index in [1.807, 2.05) is 44.2 Å². The Bertz CT molecular complexity index is 764. The van der Waals surface area contributed by atoms with Crippen molar-refractivity contribution in [3.8, 4) is 0 Å². The van der Waals surface area contributed by atoms with Crippen LogP contribution in [0.5, 0.6) is 0 Å². The van der Waals surface area contributed by atoms with E-state index >= 15 is 0 Å². The van der Waals surface area contributed by atoms with Crippen LogP contribution in [0.3, 0.4) is 0 Å². The van der Waals surface area contributed by atoms with Gasteiger partial charge in [0.1, 0.15) is 17.4 Å². The number of pyridine rings is 1. The molecule has 1 atom stereocenters. The molecule has 6 nitrogen and oxygen atoms in total. The summed E-state index contributed by atoms with van der Waals surface area (Å²) in [6, 6.07) is 12.7. The molecular formula is C19H24ClN3O3. The van der Waals surface area contributed by atoms with E-state index in [1.165, 1.54) is 0 Å². The largest absolute Gasteiger partial charge is 0.445 e. The standard InChI is InChI=1S/C19H24ClN3O3/c1-18(2,23-17(24)26-11-13-7-5-4-6-8-13)14-9-15(19(3,25)12-21)22-16(20)10-14/h4-10,25H,11-12,21H2,1-3H3,(H,23,24). The van der Waals surface area contributed by atoms with Crippen LogP contribution >= 0.6 is 11.6 Å². The van der Waals surface area contributed by atoms with Crippen molar-refractivity contribution in [2.75, 3.05) is 6.54 Å². The van der Waals surface area contributed by atoms with Crippen molar-refractivity contribution in [1.29, 1.82) is 0 Å². The Balaban J connectivity index is 2.12. The summed E-state index contributed by atoms with van der Waals surface area (Å²) in [7, 11) is 0. The van der Waals surface area contributed by atoms with Crippen molar-refractivity contribution in [2.45, 2.75) is 38.5 Å². The van der Waals surface area contributed by atoms with Crippen LogP contribution in [-0.2, 0) is 22.5 Å². The lowest BCUT2D eigenvalue weighted by Crippen LogP contribution is -2.42. The van der Waals surface area contributed by atoms with E-state index in [0.717, 1.165) is 5.56 Å². The van der Waals surface area contributed by atoms with Crippen LogP contribution in [0.25, 0.3) is 0 Å². The number of nitrogens with two attached hydrogens (primary N) is 1. The first-order valence-corrected chi connectivity index (χ1v) is 8.62. The summed E-state index contributed by atoms with van der Waals surface area (Å²) in [5.74, 6) is 0. The molecule has 1 aromatic heterocycles. The third kappa shape index (κ3) is 5.17. The van der Waals surface area contributed by atoms with Crippen LogP contribution in [0, 0.1) is 0 Å². The number of alkyl carbamates (subject to hydrolysis) is 1. The van der Waals surface area contributed by atoms with E-state index in [0.29, 0.717) is 11.3 Å². The zero-order valence-electron chi connectivity index (χ0n) is 15.1. The molecule has 7 heteroatoms. The minimum Gasteiger partial charge on any atom is -0.445 e. The summed E-state index contributed by atoms with van der Waals surface area (Å²) < 4.78 is 5.27. The van der Waals surface area contributed by atoms with Gasteiger partial charge in [-0.2, -0.15) is 0 Å². The second-order valence-corrected chi connectivity index (χ2v) is 7.24. The molecule has 140 valence electrons. The Morgan fingerprint density at radius 1 is 1.27 bits per heavy atom. The maximum Gasteiger partial charge on any atom is 0.408 e. The van der Waals surface area contributed by atoms with Gasteiger partial charge in [0.15, 0.2) is 0 Å². The van der Waals surface area contributed by atoms with E-state index in [4.69, 9.17) is 22.1 Å². The average Bonchev–Trinajstić information content (AvgIpc) is 2.60. The van der Waals surface area contributed by atoms with E-state index in [9.17, 15) is 9.90 Å². The number of rotatable bonds is 6. The van der Waals surface area contributed by atoms with Gasteiger partial charge in [0.25, 0.3) is 0 Å². The highest BCUT2D eigenvalue weighted by Crippen LogP contribution is 2.27. The Morgan fingerprint density at radius 3 is 2.54 bits per heavy atom. The van der Waals surface area contributed by atoms with Gasteiger partial charge in [-0.15, -0.1) is 0 Å². The molecule has 0 saturated carbocycles. The molecule has 0 radical (unpaired) electrons. The lowest BCUT2D eigenvalue weighted by atomic mass is 9.91. The minimum absolute atomic E-state index is 0.00719. The number of carbonyl (C=O) groups excluding carboxylic acids is 1. The number of carbonyl (C=O) groups is 1. The molecule has 0 aliphatic heterocycles. The van der Waals surface area contributed by atoms with E-state index in [2.05, 4.69) is 10.3 Å². The number of ether oxygens (including phenoxy) is 1. The molecular weight excluding hydrogens is 354 g/mol. The summed E-state index contributed by atoms with van der Waals surface area (Å²) in [6.45, 7) is 5.34. The lowest BCUT2D eigenvalue weighted by molar-refractivity contribution is 0.0620. The highest BCUT2D eigenvalue weighted by molar-refractivity contribution is 6.29. The normalized spacial score (nSPS) is 13.8. The van der Waals surface area contributed by atoms with Crippen LogP contribution in [0.4, 0.5) is 4.79 Å². The Morgan fingerprint density at radius 2 is 1.92 bits per heavy atom. The molecule has 4 N–H and O–H groups in total. The fourth-order valence-corrected chi connectivity index (χ4v) is 2.53. The van der Waals surface area contributed by atoms with Gasteiger partial charge in [-0.1, -0.05) is 41.9 Å². The lowest BCUT2D eigenvalue weighted by Gasteiger charge is -2.29. The maximum absolute atomic E-state index is 12.2. The van der Waals surface area contributed by atoms with Crippen molar-refractivity contribution < 1.29 is 14.6 Å². The first-order chi connectivity index (χ1) is 12.1. The molecule has 1 unspecified atom stereocenters. The SMILES string of the molecule is CC(O)(CN)c1cc(C(C)(C)NC(=O)OCc2ccccc2)cc(Cl)n1. The third-order valence-corrected chi connectivity index (χ3v) is 4.29. The van der Waals surface area contributed by atoms with Crippen molar-refractivity contribution in [2.24, 2.45) is 5.73 Å². The second-order valence-electron chi connectivity index (χ2n) is 6.85. The number of halogens is 1. The highest BCUT2D eigenvalue weighted by Gasteiger charge is 2.29. The van der Waals surface area contributed by atoms with Crippen LogP contribution in [0.15, 0.2) is 42.5 Å². The van der Waals surface area contributed by atoms with Gasteiger partial charge in [0.05, 0.1) is 11.2 Å². The van der Waals surface area contributed by atoms with Crippen LogP contribution < -0.4 is 11.1 Å². The Kier molecular flexibility index (Phi) is 6.23. The van der Waals surface area contributed by atoms with Crippen LogP contribution in [-0.4, -0.2) is 22.7 Å². The molecule has 1 heterocycles. The number of aromatic nitrogens is 1. The number of nitrogens with one attached hydrogen (secondary N) is 1. The molecule has 1 amide bonds. The van der Waals surface area contributed by atoms with Crippen molar-refractivity contribution in [1.82, 2.24) is 10.3 Å². The molecule has 0 aliphatic carbocycles. The Hall–Kier alpha value is -2.15. The van der Waals surface area contributed by atoms with Crippen molar-refractivity contribution in [3.05, 3.63) is 64.4 Å². The summed E-state index contributed by atoms with van der Waals surface area (Å²) in [5.41, 5.74) is 5.41.